The second kappa shape index (κ2) is 15.5. The predicted molar refractivity (Wildman–Crippen MR) is 151 cm³/mol. The van der Waals surface area contributed by atoms with Gasteiger partial charge in [0.15, 0.2) is 0 Å². The Labute approximate surface area is 246 Å². The second-order valence-corrected chi connectivity index (χ2v) is 13.9. The number of amides is 3. The number of sulfone groups is 1. The summed E-state index contributed by atoms with van der Waals surface area (Å²) in [5, 5.41) is 7.32. The molecule has 0 unspecified atom stereocenters. The lowest BCUT2D eigenvalue weighted by Gasteiger charge is -2.26. The summed E-state index contributed by atoms with van der Waals surface area (Å²) >= 11 is 0. The van der Waals surface area contributed by atoms with Crippen molar-refractivity contribution in [1.29, 1.82) is 0 Å². The van der Waals surface area contributed by atoms with Gasteiger partial charge in [-0.1, -0.05) is 0 Å². The first-order chi connectivity index (χ1) is 19.2. The van der Waals surface area contributed by atoms with Crippen LogP contribution in [-0.2, 0) is 49.6 Å². The van der Waals surface area contributed by atoms with Crippen molar-refractivity contribution in [3.63, 3.8) is 0 Å². The van der Waals surface area contributed by atoms with Crippen LogP contribution in [0.15, 0.2) is 12.5 Å². The number of methoxy groups -OCH3 is 1. The largest absolute Gasteiger partial charge is 0.467 e. The molecule has 0 bridgehead atoms. The van der Waals surface area contributed by atoms with Crippen molar-refractivity contribution >= 4 is 39.7 Å². The molecule has 1 aromatic heterocycles. The Morgan fingerprint density at radius 2 is 1.43 bits per heavy atom. The fourth-order valence-electron chi connectivity index (χ4n) is 3.47. The summed E-state index contributed by atoms with van der Waals surface area (Å²) in [6.45, 7) is 9.83. The number of carbonyl (C=O) groups is 5. The van der Waals surface area contributed by atoms with Gasteiger partial charge in [0.1, 0.15) is 39.2 Å². The molecule has 0 aromatic carbocycles. The van der Waals surface area contributed by atoms with Crippen molar-refractivity contribution in [2.75, 3.05) is 19.1 Å². The Hall–Kier alpha value is -3.69. The van der Waals surface area contributed by atoms with Crippen LogP contribution >= 0.6 is 0 Å². The van der Waals surface area contributed by atoms with Crippen molar-refractivity contribution in [2.24, 2.45) is 0 Å². The second-order valence-electron chi connectivity index (χ2n) is 11.7. The molecule has 0 spiro atoms. The number of ether oxygens (including phenoxy) is 3. The van der Waals surface area contributed by atoms with Gasteiger partial charge < -0.3 is 35.1 Å². The van der Waals surface area contributed by atoms with Crippen LogP contribution in [0.4, 0.5) is 4.79 Å². The number of hydrogen-bond donors (Lipinski definition) is 4. The van der Waals surface area contributed by atoms with Crippen molar-refractivity contribution in [2.45, 2.75) is 96.6 Å². The zero-order chi connectivity index (χ0) is 32.3. The number of carbonyl (C=O) groups excluding carboxylic acids is 5. The van der Waals surface area contributed by atoms with Crippen molar-refractivity contribution in [3.8, 4) is 0 Å². The first-order valence-electron chi connectivity index (χ1n) is 13.2. The molecular formula is C26H43N5O10S. The van der Waals surface area contributed by atoms with E-state index in [1.165, 1.54) is 12.5 Å². The van der Waals surface area contributed by atoms with E-state index in [2.05, 4.69) is 25.9 Å². The fraction of sp³-hybridized carbons (Fsp3) is 0.692. The van der Waals surface area contributed by atoms with E-state index in [-0.39, 0.29) is 25.7 Å². The van der Waals surface area contributed by atoms with Crippen molar-refractivity contribution < 1.29 is 46.6 Å². The van der Waals surface area contributed by atoms with Crippen LogP contribution < -0.4 is 16.0 Å². The SMILES string of the molecule is COC(=O)[C@H](Cc1cnc[nH]1)NC(=O)[C@H](CCC(=O)OC(C)(C)C)NC(=O)[C@H](CCS(C)(=O)=O)NC(=O)OC(C)(C)C. The average molecular weight is 618 g/mol. The van der Waals surface area contributed by atoms with E-state index in [1.54, 1.807) is 41.5 Å². The zero-order valence-corrected chi connectivity index (χ0v) is 26.2. The molecule has 3 atom stereocenters. The minimum absolute atomic E-state index is 0.0116. The lowest BCUT2D eigenvalue weighted by molar-refractivity contribution is -0.155. The molecule has 42 heavy (non-hydrogen) atoms. The quantitative estimate of drug-likeness (QED) is 0.167. The third-order valence-electron chi connectivity index (χ3n) is 5.26. The Kier molecular flexibility index (Phi) is 13.4. The maximum atomic E-state index is 13.4. The molecule has 1 heterocycles. The summed E-state index contributed by atoms with van der Waals surface area (Å²) in [5.41, 5.74) is -1.19. The molecule has 0 aliphatic rings. The summed E-state index contributed by atoms with van der Waals surface area (Å²) in [4.78, 5) is 70.6. The standard InChI is InChI=1S/C26H43N5O10S/c1-25(2,3)40-20(32)10-9-17(21(33)30-19(23(35)39-7)13-16-14-27-15-28-16)29-22(34)18(11-12-42(8,37)38)31-24(36)41-26(4,5)6/h14-15,17-19H,9-13H2,1-8H3,(H,27,28)(H,29,34)(H,30,33)(H,31,36)/t17-,18-,19-/m0/s1. The molecule has 238 valence electrons. The van der Waals surface area contributed by atoms with Gasteiger partial charge in [-0.05, 0) is 54.4 Å². The number of nitrogens with one attached hydrogen (secondary N) is 4. The van der Waals surface area contributed by atoms with Crippen LogP contribution in [0.2, 0.25) is 0 Å². The van der Waals surface area contributed by atoms with Gasteiger partial charge in [-0.15, -0.1) is 0 Å². The summed E-state index contributed by atoms with van der Waals surface area (Å²) in [5.74, 6) is -3.60. The molecule has 0 aliphatic heterocycles. The molecule has 4 N–H and O–H groups in total. The highest BCUT2D eigenvalue weighted by atomic mass is 32.2. The number of rotatable bonds is 14. The smallest absolute Gasteiger partial charge is 0.408 e. The predicted octanol–water partition coefficient (Wildman–Crippen LogP) is 0.545. The van der Waals surface area contributed by atoms with Crippen LogP contribution in [0, 0.1) is 0 Å². The van der Waals surface area contributed by atoms with Gasteiger partial charge in [-0.2, -0.15) is 0 Å². The van der Waals surface area contributed by atoms with Crippen molar-refractivity contribution in [1.82, 2.24) is 25.9 Å². The Morgan fingerprint density at radius 3 is 1.90 bits per heavy atom. The molecular weight excluding hydrogens is 574 g/mol. The highest BCUT2D eigenvalue weighted by molar-refractivity contribution is 7.90. The number of esters is 2. The minimum atomic E-state index is -3.53. The number of aromatic amines is 1. The Balaban J connectivity index is 3.22. The number of hydrogen-bond acceptors (Lipinski definition) is 11. The van der Waals surface area contributed by atoms with E-state index in [0.717, 1.165) is 13.4 Å². The van der Waals surface area contributed by atoms with Gasteiger partial charge in [0.05, 0.1) is 19.2 Å². The van der Waals surface area contributed by atoms with Gasteiger partial charge in [-0.3, -0.25) is 14.4 Å². The molecule has 1 aromatic rings. The molecule has 0 saturated carbocycles. The molecule has 0 saturated heterocycles. The number of aromatic nitrogens is 2. The monoisotopic (exact) mass is 617 g/mol. The zero-order valence-electron chi connectivity index (χ0n) is 25.4. The number of imidazole rings is 1. The summed E-state index contributed by atoms with van der Waals surface area (Å²) < 4.78 is 38.9. The van der Waals surface area contributed by atoms with Crippen molar-refractivity contribution in [3.05, 3.63) is 18.2 Å². The first-order valence-corrected chi connectivity index (χ1v) is 15.3. The lowest BCUT2D eigenvalue weighted by Crippen LogP contribution is -2.56. The number of alkyl carbamates (subject to hydrolysis) is 1. The topological polar surface area (TPSA) is 212 Å². The fourth-order valence-corrected chi connectivity index (χ4v) is 4.13. The minimum Gasteiger partial charge on any atom is -0.467 e. The van der Waals surface area contributed by atoms with Crippen LogP contribution in [0.1, 0.15) is 66.5 Å². The van der Waals surface area contributed by atoms with Gasteiger partial charge in [-0.25, -0.2) is 23.0 Å². The van der Waals surface area contributed by atoms with Crippen LogP contribution in [0.25, 0.3) is 0 Å². The van der Waals surface area contributed by atoms with Gasteiger partial charge >= 0.3 is 18.0 Å². The maximum Gasteiger partial charge on any atom is 0.408 e. The Morgan fingerprint density at radius 1 is 0.881 bits per heavy atom. The van der Waals surface area contributed by atoms with E-state index in [4.69, 9.17) is 14.2 Å². The van der Waals surface area contributed by atoms with E-state index in [0.29, 0.717) is 5.69 Å². The van der Waals surface area contributed by atoms with E-state index in [9.17, 15) is 32.4 Å². The molecule has 1 rings (SSSR count). The van der Waals surface area contributed by atoms with Gasteiger partial charge in [0.25, 0.3) is 0 Å². The van der Waals surface area contributed by atoms with Gasteiger partial charge in [0.2, 0.25) is 11.8 Å². The average Bonchev–Trinajstić information content (AvgIpc) is 3.33. The molecule has 0 aliphatic carbocycles. The van der Waals surface area contributed by atoms with Crippen LogP contribution in [-0.4, -0.2) is 96.7 Å². The number of H-pyrrole nitrogens is 1. The molecule has 15 nitrogen and oxygen atoms in total. The molecule has 0 radical (unpaired) electrons. The highest BCUT2D eigenvalue weighted by Crippen LogP contribution is 2.12. The first kappa shape index (κ1) is 36.3. The summed E-state index contributed by atoms with van der Waals surface area (Å²) in [7, 11) is -2.39. The van der Waals surface area contributed by atoms with Crippen LogP contribution in [0.3, 0.4) is 0 Å². The molecule has 0 fully saturated rings. The van der Waals surface area contributed by atoms with Gasteiger partial charge in [0, 0.05) is 31.0 Å². The van der Waals surface area contributed by atoms with E-state index < -0.39 is 74.8 Å². The number of nitrogens with zero attached hydrogens (tertiary/aromatic N) is 1. The lowest BCUT2D eigenvalue weighted by atomic mass is 10.1. The maximum absolute atomic E-state index is 13.4. The molecule has 16 heteroatoms. The van der Waals surface area contributed by atoms with E-state index >= 15 is 0 Å². The van der Waals surface area contributed by atoms with Crippen LogP contribution in [0.5, 0.6) is 0 Å². The highest BCUT2D eigenvalue weighted by Gasteiger charge is 2.32. The normalized spacial score (nSPS) is 14.1. The van der Waals surface area contributed by atoms with E-state index in [1.807, 2.05) is 0 Å². The third-order valence-corrected chi connectivity index (χ3v) is 6.23. The third kappa shape index (κ3) is 15.3. The summed E-state index contributed by atoms with van der Waals surface area (Å²) in [6.07, 6.45) is 1.98. The molecule has 3 amide bonds. The summed E-state index contributed by atoms with van der Waals surface area (Å²) in [6, 6.07) is -3.97. The Bertz CT molecular complexity index is 1190.